The Labute approximate surface area is 157 Å². The van der Waals surface area contributed by atoms with Gasteiger partial charge in [-0.1, -0.05) is 41.7 Å². The Balaban J connectivity index is 1.55. The summed E-state index contributed by atoms with van der Waals surface area (Å²) in [6.45, 7) is 3.23. The summed E-state index contributed by atoms with van der Waals surface area (Å²) in [5, 5.41) is 5.33. The molecule has 1 fully saturated rings. The van der Waals surface area contributed by atoms with Gasteiger partial charge in [-0.25, -0.2) is 4.68 Å². The molecule has 0 radical (unpaired) electrons. The average molecular weight is 377 g/mol. The molecular weight excluding hydrogens is 352 g/mol. The predicted octanol–water partition coefficient (Wildman–Crippen LogP) is 3.71. The third kappa shape index (κ3) is 4.96. The van der Waals surface area contributed by atoms with Gasteiger partial charge in [0.25, 0.3) is 0 Å². The van der Waals surface area contributed by atoms with Crippen LogP contribution in [0, 0.1) is 3.95 Å². The van der Waals surface area contributed by atoms with Gasteiger partial charge in [0.2, 0.25) is 11.0 Å². The fourth-order valence-corrected chi connectivity index (χ4v) is 4.06. The van der Waals surface area contributed by atoms with Gasteiger partial charge in [-0.05, 0) is 57.1 Å². The van der Waals surface area contributed by atoms with Crippen molar-refractivity contribution in [1.29, 1.82) is 0 Å². The van der Waals surface area contributed by atoms with Crippen molar-refractivity contribution >= 4 is 34.6 Å². The van der Waals surface area contributed by atoms with E-state index in [2.05, 4.69) is 41.3 Å². The maximum Gasteiger partial charge on any atom is 0.225 e. The first-order chi connectivity index (χ1) is 12.0. The minimum absolute atomic E-state index is 0.0506. The summed E-state index contributed by atoms with van der Waals surface area (Å²) < 4.78 is 2.55. The van der Waals surface area contributed by atoms with Crippen molar-refractivity contribution < 1.29 is 4.79 Å². The van der Waals surface area contributed by atoms with Crippen LogP contribution in [-0.2, 0) is 17.9 Å². The van der Waals surface area contributed by atoms with E-state index in [0.717, 1.165) is 41.3 Å². The Kier molecular flexibility index (Phi) is 5.98. The van der Waals surface area contributed by atoms with Crippen LogP contribution in [0.25, 0.3) is 0 Å². The van der Waals surface area contributed by atoms with E-state index in [4.69, 9.17) is 12.2 Å². The number of amides is 1. The molecule has 2 aromatic rings. The third-order valence-electron chi connectivity index (χ3n) is 4.28. The standard InChI is InChI=1S/C18H24N4OS2/c1-14(23)22(16-10-11-16)17-19-21(18(24)25-17)13-20(2)12-6-9-15-7-4-3-5-8-15/h3-5,7-8,16H,6,9-13H2,1-2H3. The fourth-order valence-electron chi connectivity index (χ4n) is 2.86. The first-order valence-corrected chi connectivity index (χ1v) is 9.87. The molecule has 0 atom stereocenters. The number of aromatic nitrogens is 2. The van der Waals surface area contributed by atoms with Crippen LogP contribution in [0.4, 0.5) is 5.13 Å². The van der Waals surface area contributed by atoms with E-state index in [1.807, 2.05) is 10.7 Å². The highest BCUT2D eigenvalue weighted by molar-refractivity contribution is 7.73. The van der Waals surface area contributed by atoms with E-state index in [0.29, 0.717) is 12.7 Å². The van der Waals surface area contributed by atoms with E-state index < -0.39 is 0 Å². The summed E-state index contributed by atoms with van der Waals surface area (Å²) >= 11 is 6.87. The van der Waals surface area contributed by atoms with Gasteiger partial charge < -0.3 is 0 Å². The average Bonchev–Trinajstić information content (AvgIpc) is 3.33. The first kappa shape index (κ1) is 18.2. The van der Waals surface area contributed by atoms with Crippen molar-refractivity contribution in [2.45, 2.75) is 45.3 Å². The van der Waals surface area contributed by atoms with Gasteiger partial charge in [0.15, 0.2) is 3.95 Å². The van der Waals surface area contributed by atoms with Gasteiger partial charge in [0.1, 0.15) is 0 Å². The van der Waals surface area contributed by atoms with Gasteiger partial charge in [-0.2, -0.15) is 0 Å². The normalized spacial score (nSPS) is 14.0. The number of hydrogen-bond donors (Lipinski definition) is 0. The van der Waals surface area contributed by atoms with Crippen molar-refractivity contribution in [3.63, 3.8) is 0 Å². The molecule has 1 aliphatic rings. The quantitative estimate of drug-likeness (QED) is 0.659. The second-order valence-electron chi connectivity index (χ2n) is 6.58. The van der Waals surface area contributed by atoms with E-state index in [9.17, 15) is 4.79 Å². The van der Waals surface area contributed by atoms with Crippen molar-refractivity contribution in [1.82, 2.24) is 14.7 Å². The Morgan fingerprint density at radius 2 is 2.08 bits per heavy atom. The zero-order valence-corrected chi connectivity index (χ0v) is 16.4. The minimum atomic E-state index is 0.0506. The summed E-state index contributed by atoms with van der Waals surface area (Å²) in [7, 11) is 2.08. The van der Waals surface area contributed by atoms with Crippen molar-refractivity contribution in [2.75, 3.05) is 18.5 Å². The van der Waals surface area contributed by atoms with Gasteiger partial charge in [0, 0.05) is 13.0 Å². The summed E-state index contributed by atoms with van der Waals surface area (Å²) in [6.07, 6.45) is 4.28. The van der Waals surface area contributed by atoms with E-state index in [1.54, 1.807) is 11.8 Å². The van der Waals surface area contributed by atoms with Crippen LogP contribution in [0.3, 0.4) is 0 Å². The summed E-state index contributed by atoms with van der Waals surface area (Å²) in [4.78, 5) is 15.9. The largest absolute Gasteiger partial charge is 0.287 e. The van der Waals surface area contributed by atoms with E-state index in [1.165, 1.54) is 16.9 Å². The molecule has 1 aliphatic carbocycles. The van der Waals surface area contributed by atoms with Gasteiger partial charge >= 0.3 is 0 Å². The number of rotatable bonds is 8. The molecule has 0 saturated heterocycles. The zero-order chi connectivity index (χ0) is 17.8. The molecule has 134 valence electrons. The summed E-state index contributed by atoms with van der Waals surface area (Å²) in [6, 6.07) is 10.8. The van der Waals surface area contributed by atoms with Crippen molar-refractivity contribution in [2.24, 2.45) is 0 Å². The molecular formula is C18H24N4OS2. The lowest BCUT2D eigenvalue weighted by Crippen LogP contribution is -2.31. The molecule has 0 bridgehead atoms. The van der Waals surface area contributed by atoms with Gasteiger partial charge in [-0.3, -0.25) is 14.6 Å². The van der Waals surface area contributed by atoms with Crippen LogP contribution < -0.4 is 4.90 Å². The van der Waals surface area contributed by atoms with E-state index >= 15 is 0 Å². The molecule has 7 heteroatoms. The SMILES string of the molecule is CC(=O)N(c1nn(CN(C)CCCc2ccccc2)c(=S)s1)C1CC1. The van der Waals surface area contributed by atoms with Crippen LogP contribution in [0.1, 0.15) is 31.7 Å². The molecule has 1 aromatic heterocycles. The van der Waals surface area contributed by atoms with E-state index in [-0.39, 0.29) is 5.91 Å². The number of anilines is 1. The molecule has 3 rings (SSSR count). The molecule has 0 aliphatic heterocycles. The number of hydrogen-bond acceptors (Lipinski definition) is 5. The number of carbonyl (C=O) groups excluding carboxylic acids is 1. The molecule has 1 heterocycles. The summed E-state index contributed by atoms with van der Waals surface area (Å²) in [5.41, 5.74) is 1.37. The van der Waals surface area contributed by atoms with Crippen LogP contribution in [0.2, 0.25) is 0 Å². The molecule has 0 unspecified atom stereocenters. The minimum Gasteiger partial charge on any atom is -0.287 e. The number of aryl methyl sites for hydroxylation is 1. The lowest BCUT2D eigenvalue weighted by Gasteiger charge is -2.17. The molecule has 1 aromatic carbocycles. The first-order valence-electron chi connectivity index (χ1n) is 8.65. The van der Waals surface area contributed by atoms with Crippen LogP contribution in [0.5, 0.6) is 0 Å². The van der Waals surface area contributed by atoms with Gasteiger partial charge in [0.05, 0.1) is 6.67 Å². The Bertz CT molecular complexity index is 767. The fraction of sp³-hybridized carbons (Fsp3) is 0.500. The topological polar surface area (TPSA) is 41.4 Å². The van der Waals surface area contributed by atoms with Gasteiger partial charge in [-0.15, -0.1) is 5.10 Å². The predicted molar refractivity (Wildman–Crippen MR) is 105 cm³/mol. The second kappa shape index (κ2) is 8.21. The van der Waals surface area contributed by atoms with Crippen LogP contribution >= 0.6 is 23.6 Å². The number of benzene rings is 1. The third-order valence-corrected chi connectivity index (χ3v) is 5.58. The lowest BCUT2D eigenvalue weighted by atomic mass is 10.1. The highest BCUT2D eigenvalue weighted by atomic mass is 32.1. The number of nitrogens with zero attached hydrogens (tertiary/aromatic N) is 4. The number of carbonyl (C=O) groups is 1. The molecule has 0 spiro atoms. The molecule has 25 heavy (non-hydrogen) atoms. The monoisotopic (exact) mass is 376 g/mol. The Hall–Kier alpha value is -1.57. The van der Waals surface area contributed by atoms with Crippen molar-refractivity contribution in [3.05, 3.63) is 39.8 Å². The zero-order valence-electron chi connectivity index (χ0n) is 14.7. The second-order valence-corrected chi connectivity index (χ2v) is 8.18. The van der Waals surface area contributed by atoms with Crippen LogP contribution in [0.15, 0.2) is 30.3 Å². The van der Waals surface area contributed by atoms with Crippen molar-refractivity contribution in [3.8, 4) is 0 Å². The highest BCUT2D eigenvalue weighted by Crippen LogP contribution is 2.33. The molecule has 1 saturated carbocycles. The Morgan fingerprint density at radius 1 is 1.36 bits per heavy atom. The lowest BCUT2D eigenvalue weighted by molar-refractivity contribution is -0.116. The maximum atomic E-state index is 11.9. The van der Waals surface area contributed by atoms with Crippen LogP contribution in [-0.4, -0.2) is 40.2 Å². The summed E-state index contributed by atoms with van der Waals surface area (Å²) in [5.74, 6) is 0.0506. The highest BCUT2D eigenvalue weighted by Gasteiger charge is 2.34. The maximum absolute atomic E-state index is 11.9. The molecule has 1 amide bonds. The molecule has 0 N–H and O–H groups in total. The smallest absolute Gasteiger partial charge is 0.225 e. The Morgan fingerprint density at radius 3 is 2.72 bits per heavy atom. The molecule has 5 nitrogen and oxygen atoms in total.